The number of nitrogens with one attached hydrogen (secondary N) is 2. The zero-order valence-electron chi connectivity index (χ0n) is 14.1. The van der Waals surface area contributed by atoms with Gasteiger partial charge in [0.25, 0.3) is 5.91 Å². The van der Waals surface area contributed by atoms with Crippen molar-refractivity contribution < 1.29 is 18.8 Å². The predicted octanol–water partition coefficient (Wildman–Crippen LogP) is 1.90. The van der Waals surface area contributed by atoms with Gasteiger partial charge in [-0.15, -0.1) is 0 Å². The van der Waals surface area contributed by atoms with Crippen molar-refractivity contribution in [2.24, 2.45) is 0 Å². The number of carbonyl (C=O) groups is 3. The van der Waals surface area contributed by atoms with Gasteiger partial charge in [0.2, 0.25) is 5.91 Å². The molecule has 1 unspecified atom stereocenters. The van der Waals surface area contributed by atoms with Crippen LogP contribution in [0.2, 0.25) is 0 Å². The number of amides is 4. The molecule has 130 valence electrons. The van der Waals surface area contributed by atoms with Gasteiger partial charge in [-0.05, 0) is 37.5 Å². The van der Waals surface area contributed by atoms with Crippen molar-refractivity contribution in [3.8, 4) is 0 Å². The number of hydrogen-bond acceptors (Lipinski definition) is 3. The maximum absolute atomic E-state index is 13.1. The van der Waals surface area contributed by atoms with Gasteiger partial charge in [0.15, 0.2) is 0 Å². The molecule has 0 aliphatic carbocycles. The van der Waals surface area contributed by atoms with E-state index in [-0.39, 0.29) is 18.5 Å². The van der Waals surface area contributed by atoms with Gasteiger partial charge >= 0.3 is 6.03 Å². The van der Waals surface area contributed by atoms with E-state index >= 15 is 0 Å². The standard InChI is InChI=1S/C17H22FN3O3/c1-4-13(5-2)19-14(22)10-21-15(23)17(3,20-16(21)24)11-6-8-12(18)9-7-11/h6-9,13H,4-5,10H2,1-3H3,(H,19,22)(H,20,24). The summed E-state index contributed by atoms with van der Waals surface area (Å²) in [7, 11) is 0. The van der Waals surface area contributed by atoms with Gasteiger partial charge in [-0.25, -0.2) is 9.18 Å². The largest absolute Gasteiger partial charge is 0.352 e. The Morgan fingerprint density at radius 3 is 2.38 bits per heavy atom. The van der Waals surface area contributed by atoms with Gasteiger partial charge in [-0.1, -0.05) is 26.0 Å². The van der Waals surface area contributed by atoms with Gasteiger partial charge < -0.3 is 10.6 Å². The minimum absolute atomic E-state index is 0.0155. The molecule has 7 heteroatoms. The highest BCUT2D eigenvalue weighted by molar-refractivity contribution is 6.09. The van der Waals surface area contributed by atoms with Crippen molar-refractivity contribution in [2.75, 3.05) is 6.54 Å². The van der Waals surface area contributed by atoms with Crippen LogP contribution in [0.5, 0.6) is 0 Å². The zero-order chi connectivity index (χ0) is 17.9. The minimum atomic E-state index is -1.31. The summed E-state index contributed by atoms with van der Waals surface area (Å²) in [5.41, 5.74) is -0.842. The van der Waals surface area contributed by atoms with Crippen LogP contribution in [-0.4, -0.2) is 35.3 Å². The maximum Gasteiger partial charge on any atom is 0.325 e. The van der Waals surface area contributed by atoms with Gasteiger partial charge in [0, 0.05) is 6.04 Å². The molecule has 1 fully saturated rings. The molecule has 1 saturated heterocycles. The summed E-state index contributed by atoms with van der Waals surface area (Å²) in [6.07, 6.45) is 1.55. The van der Waals surface area contributed by atoms with Gasteiger partial charge in [0.1, 0.15) is 17.9 Å². The van der Waals surface area contributed by atoms with E-state index in [0.29, 0.717) is 5.56 Å². The van der Waals surface area contributed by atoms with Crippen LogP contribution >= 0.6 is 0 Å². The Labute approximate surface area is 140 Å². The minimum Gasteiger partial charge on any atom is -0.352 e. The SMILES string of the molecule is CCC(CC)NC(=O)CN1C(=O)NC(C)(c2ccc(F)cc2)C1=O. The second-order valence-electron chi connectivity index (χ2n) is 6.03. The van der Waals surface area contributed by atoms with Crippen LogP contribution in [-0.2, 0) is 15.1 Å². The van der Waals surface area contributed by atoms with Crippen molar-refractivity contribution in [1.29, 1.82) is 0 Å². The lowest BCUT2D eigenvalue weighted by Crippen LogP contribution is -2.45. The van der Waals surface area contributed by atoms with Crippen molar-refractivity contribution in [3.05, 3.63) is 35.6 Å². The summed E-state index contributed by atoms with van der Waals surface area (Å²) in [5.74, 6) is -1.34. The molecule has 6 nitrogen and oxygen atoms in total. The molecule has 1 aromatic rings. The van der Waals surface area contributed by atoms with E-state index in [1.54, 1.807) is 6.92 Å². The Morgan fingerprint density at radius 2 is 1.83 bits per heavy atom. The lowest BCUT2D eigenvalue weighted by molar-refractivity contribution is -0.135. The van der Waals surface area contributed by atoms with E-state index in [4.69, 9.17) is 0 Å². The predicted molar refractivity (Wildman–Crippen MR) is 86.5 cm³/mol. The third-order valence-electron chi connectivity index (χ3n) is 4.35. The van der Waals surface area contributed by atoms with E-state index in [1.165, 1.54) is 24.3 Å². The van der Waals surface area contributed by atoms with Crippen LogP contribution in [0.25, 0.3) is 0 Å². The third-order valence-corrected chi connectivity index (χ3v) is 4.35. The Morgan fingerprint density at radius 1 is 1.25 bits per heavy atom. The summed E-state index contributed by atoms with van der Waals surface area (Å²) < 4.78 is 13.1. The summed E-state index contributed by atoms with van der Waals surface area (Å²) in [6, 6.07) is 4.72. The van der Waals surface area contributed by atoms with E-state index in [2.05, 4.69) is 10.6 Å². The van der Waals surface area contributed by atoms with Crippen LogP contribution in [0.1, 0.15) is 39.2 Å². The number of hydrogen-bond donors (Lipinski definition) is 2. The fourth-order valence-corrected chi connectivity index (χ4v) is 2.73. The third kappa shape index (κ3) is 3.39. The molecule has 1 aromatic carbocycles. The Balaban J connectivity index is 2.14. The van der Waals surface area contributed by atoms with Crippen LogP contribution < -0.4 is 10.6 Å². The molecule has 0 radical (unpaired) electrons. The Bertz CT molecular complexity index is 643. The van der Waals surface area contributed by atoms with Crippen molar-refractivity contribution in [2.45, 2.75) is 45.2 Å². The topological polar surface area (TPSA) is 78.5 Å². The summed E-state index contributed by atoms with van der Waals surface area (Å²) in [5, 5.41) is 5.38. The smallest absolute Gasteiger partial charge is 0.325 e. The number of rotatable bonds is 6. The molecule has 0 spiro atoms. The van der Waals surface area contributed by atoms with E-state index in [1.807, 2.05) is 13.8 Å². The van der Waals surface area contributed by atoms with Crippen LogP contribution in [0, 0.1) is 5.82 Å². The van der Waals surface area contributed by atoms with Crippen molar-refractivity contribution in [3.63, 3.8) is 0 Å². The first-order chi connectivity index (χ1) is 11.3. The average molecular weight is 335 g/mol. The number of imide groups is 1. The first-order valence-electron chi connectivity index (χ1n) is 8.01. The Hall–Kier alpha value is -2.44. The van der Waals surface area contributed by atoms with E-state index < -0.39 is 23.3 Å². The molecular weight excluding hydrogens is 313 g/mol. The number of urea groups is 1. The molecule has 1 heterocycles. The lowest BCUT2D eigenvalue weighted by atomic mass is 9.92. The van der Waals surface area contributed by atoms with Crippen LogP contribution in [0.3, 0.4) is 0 Å². The summed E-state index contributed by atoms with van der Waals surface area (Å²) in [6.45, 7) is 5.11. The molecular formula is C17H22FN3O3. The number of benzene rings is 1. The second-order valence-corrected chi connectivity index (χ2v) is 6.03. The molecule has 24 heavy (non-hydrogen) atoms. The highest BCUT2D eigenvalue weighted by atomic mass is 19.1. The molecule has 1 aliphatic rings. The second kappa shape index (κ2) is 6.98. The van der Waals surface area contributed by atoms with E-state index in [0.717, 1.165) is 17.7 Å². The maximum atomic E-state index is 13.1. The monoisotopic (exact) mass is 335 g/mol. The highest BCUT2D eigenvalue weighted by Crippen LogP contribution is 2.28. The quantitative estimate of drug-likeness (QED) is 0.779. The molecule has 2 rings (SSSR count). The van der Waals surface area contributed by atoms with Gasteiger partial charge in [-0.3, -0.25) is 14.5 Å². The van der Waals surface area contributed by atoms with Gasteiger partial charge in [0.05, 0.1) is 0 Å². The fraction of sp³-hybridized carbons (Fsp3) is 0.471. The molecule has 0 saturated carbocycles. The molecule has 1 aliphatic heterocycles. The van der Waals surface area contributed by atoms with Crippen molar-refractivity contribution in [1.82, 2.24) is 15.5 Å². The number of halogens is 1. The number of nitrogens with zero attached hydrogens (tertiary/aromatic N) is 1. The molecule has 0 bridgehead atoms. The Kier molecular flexibility index (Phi) is 5.21. The van der Waals surface area contributed by atoms with Crippen molar-refractivity contribution >= 4 is 17.8 Å². The summed E-state index contributed by atoms with van der Waals surface area (Å²) >= 11 is 0. The molecule has 1 atom stereocenters. The highest BCUT2D eigenvalue weighted by Gasteiger charge is 2.49. The fourth-order valence-electron chi connectivity index (χ4n) is 2.73. The molecule has 4 amide bonds. The normalized spacial score (nSPS) is 20.5. The van der Waals surface area contributed by atoms with Gasteiger partial charge in [-0.2, -0.15) is 0 Å². The zero-order valence-corrected chi connectivity index (χ0v) is 14.1. The van der Waals surface area contributed by atoms with E-state index in [9.17, 15) is 18.8 Å². The first kappa shape index (κ1) is 17.9. The molecule has 2 N–H and O–H groups in total. The lowest BCUT2D eigenvalue weighted by Gasteiger charge is -2.22. The average Bonchev–Trinajstić information content (AvgIpc) is 2.77. The number of carbonyl (C=O) groups excluding carboxylic acids is 3. The summed E-state index contributed by atoms with van der Waals surface area (Å²) in [4.78, 5) is 37.8. The van der Waals surface area contributed by atoms with Crippen LogP contribution in [0.15, 0.2) is 24.3 Å². The molecule has 0 aromatic heterocycles. The first-order valence-corrected chi connectivity index (χ1v) is 8.01. The van der Waals surface area contributed by atoms with Crippen LogP contribution in [0.4, 0.5) is 9.18 Å².